The summed E-state index contributed by atoms with van der Waals surface area (Å²) in [7, 11) is -5.15. The number of ketones is 1. The van der Waals surface area contributed by atoms with Crippen LogP contribution in [0.25, 0.3) is 0 Å². The molecule has 0 rings (SSSR count). The van der Waals surface area contributed by atoms with Crippen molar-refractivity contribution >= 4 is 15.8 Å². The van der Waals surface area contributed by atoms with Crippen LogP contribution in [-0.4, -0.2) is 26.1 Å². The lowest BCUT2D eigenvalue weighted by molar-refractivity contribution is -0.136. The molecule has 0 aromatic carbocycles. The molecule has 0 aromatic heterocycles. The Morgan fingerprint density at radius 2 is 1.76 bits per heavy atom. The quantitative estimate of drug-likeness (QED) is 0.710. The van der Waals surface area contributed by atoms with E-state index in [1.54, 1.807) is 13.8 Å². The Morgan fingerprint density at radius 3 is 2.12 bits per heavy atom. The molecule has 0 saturated heterocycles. The maximum Gasteiger partial charge on any atom is 0.418 e. The third-order valence-electron chi connectivity index (χ3n) is 1.73. The molecule has 17 heavy (non-hydrogen) atoms. The minimum absolute atomic E-state index is 0.0351. The predicted octanol–water partition coefficient (Wildman–Crippen LogP) is 1.31. The number of carbonyl (C=O) groups is 1. The number of halogens is 2. The Kier molecular flexibility index (Phi) is 5.63. The van der Waals surface area contributed by atoms with E-state index in [4.69, 9.17) is 0 Å². The lowest BCUT2D eigenvalue weighted by atomic mass is 10.1. The number of hydrogen-bond acceptors (Lipinski definition) is 4. The maximum absolute atomic E-state index is 13.3. The van der Waals surface area contributed by atoms with Crippen LogP contribution in [0.2, 0.25) is 0 Å². The number of hydrogen-bond donors (Lipinski definition) is 1. The Bertz CT molecular complexity index is 365. The number of Topliss-reactive ketones (excluding diaryl/α,β-unsaturated/α-hetero) is 1. The van der Waals surface area contributed by atoms with E-state index in [9.17, 15) is 22.0 Å². The fourth-order valence-corrected chi connectivity index (χ4v) is 1.63. The number of nitrogens with one attached hydrogen (secondary N) is 1. The van der Waals surface area contributed by atoms with Crippen molar-refractivity contribution in [1.82, 2.24) is 4.89 Å². The van der Waals surface area contributed by atoms with Crippen molar-refractivity contribution in [2.24, 2.45) is 11.8 Å². The summed E-state index contributed by atoms with van der Waals surface area (Å²) in [5, 5.41) is -4.49. The molecule has 0 aliphatic heterocycles. The first kappa shape index (κ1) is 16.4. The summed E-state index contributed by atoms with van der Waals surface area (Å²) in [6.07, 6.45) is 0. The zero-order valence-corrected chi connectivity index (χ0v) is 11.0. The second-order valence-corrected chi connectivity index (χ2v) is 6.01. The summed E-state index contributed by atoms with van der Waals surface area (Å²) in [6.45, 7) is 5.75. The van der Waals surface area contributed by atoms with Crippen molar-refractivity contribution in [1.29, 1.82) is 0 Å². The van der Waals surface area contributed by atoms with Crippen LogP contribution >= 0.6 is 0 Å². The summed E-state index contributed by atoms with van der Waals surface area (Å²) in [4.78, 5) is 16.8. The highest BCUT2D eigenvalue weighted by atomic mass is 32.2. The molecule has 0 atom stereocenters. The molecule has 0 unspecified atom stereocenters. The van der Waals surface area contributed by atoms with Crippen molar-refractivity contribution in [2.75, 3.05) is 6.61 Å². The first-order valence-electron chi connectivity index (χ1n) is 5.07. The Hall–Kier alpha value is -0.600. The molecule has 0 saturated carbocycles. The smallest absolute Gasteiger partial charge is 0.291 e. The summed E-state index contributed by atoms with van der Waals surface area (Å²) in [5.74, 6) is -2.79. The standard InChI is InChI=1S/C9H17F2NO4S/c1-6(2)5-16-12-17(14,15)9(10,11)8(13)7(3)4/h6-7,12H,5H2,1-4H3. The molecule has 0 aliphatic carbocycles. The number of rotatable bonds is 7. The van der Waals surface area contributed by atoms with E-state index < -0.39 is 27.0 Å². The van der Waals surface area contributed by atoms with Gasteiger partial charge in [0.1, 0.15) is 0 Å². The average Bonchev–Trinajstić information content (AvgIpc) is 2.14. The lowest BCUT2D eigenvalue weighted by Crippen LogP contribution is -2.47. The molecular formula is C9H17F2NO4S. The molecule has 8 heteroatoms. The number of sulfonamides is 1. The molecule has 5 nitrogen and oxygen atoms in total. The van der Waals surface area contributed by atoms with E-state index in [1.807, 2.05) is 0 Å². The van der Waals surface area contributed by atoms with Crippen molar-refractivity contribution in [3.05, 3.63) is 0 Å². The zero-order chi connectivity index (χ0) is 13.9. The zero-order valence-electron chi connectivity index (χ0n) is 10.2. The largest absolute Gasteiger partial charge is 0.418 e. The van der Waals surface area contributed by atoms with E-state index in [0.717, 1.165) is 0 Å². The first-order chi connectivity index (χ1) is 7.52. The minimum Gasteiger partial charge on any atom is -0.291 e. The van der Waals surface area contributed by atoms with Crippen LogP contribution in [0, 0.1) is 11.8 Å². The SMILES string of the molecule is CC(C)CONS(=O)(=O)C(F)(F)C(=O)C(C)C. The monoisotopic (exact) mass is 273 g/mol. The van der Waals surface area contributed by atoms with Gasteiger partial charge in [-0.25, -0.2) is 8.42 Å². The number of carbonyl (C=O) groups excluding carboxylic acids is 1. The molecule has 0 aliphatic rings. The van der Waals surface area contributed by atoms with Gasteiger partial charge in [-0.05, 0) is 5.92 Å². The highest BCUT2D eigenvalue weighted by Gasteiger charge is 2.53. The van der Waals surface area contributed by atoms with E-state index in [2.05, 4.69) is 4.84 Å². The second-order valence-electron chi connectivity index (χ2n) is 4.33. The van der Waals surface area contributed by atoms with Crippen LogP contribution in [0.5, 0.6) is 0 Å². The van der Waals surface area contributed by atoms with Crippen LogP contribution < -0.4 is 4.89 Å². The van der Waals surface area contributed by atoms with Gasteiger partial charge in [-0.15, -0.1) is 0 Å². The van der Waals surface area contributed by atoms with E-state index in [-0.39, 0.29) is 12.5 Å². The van der Waals surface area contributed by atoms with Crippen LogP contribution in [0.3, 0.4) is 0 Å². The van der Waals surface area contributed by atoms with Gasteiger partial charge in [0.15, 0.2) is 0 Å². The fraction of sp³-hybridized carbons (Fsp3) is 0.889. The Labute approximate surface area is 99.5 Å². The van der Waals surface area contributed by atoms with E-state index in [1.165, 1.54) is 18.7 Å². The molecule has 0 spiro atoms. The molecule has 0 aromatic rings. The van der Waals surface area contributed by atoms with Crippen LogP contribution in [-0.2, 0) is 19.7 Å². The molecule has 0 fully saturated rings. The van der Waals surface area contributed by atoms with Crippen molar-refractivity contribution in [3.8, 4) is 0 Å². The highest BCUT2D eigenvalue weighted by Crippen LogP contribution is 2.25. The lowest BCUT2D eigenvalue weighted by Gasteiger charge is -2.18. The van der Waals surface area contributed by atoms with Gasteiger partial charge in [0, 0.05) is 5.92 Å². The van der Waals surface area contributed by atoms with E-state index >= 15 is 0 Å². The van der Waals surface area contributed by atoms with Gasteiger partial charge in [-0.3, -0.25) is 9.63 Å². The Morgan fingerprint density at radius 1 is 1.29 bits per heavy atom. The molecule has 0 heterocycles. The number of alkyl halides is 2. The normalized spacial score (nSPS) is 13.4. The molecule has 102 valence electrons. The van der Waals surface area contributed by atoms with Crippen molar-refractivity contribution in [2.45, 2.75) is 32.9 Å². The Balaban J connectivity index is 4.75. The third-order valence-corrected chi connectivity index (χ3v) is 2.95. The van der Waals surface area contributed by atoms with Gasteiger partial charge >= 0.3 is 15.3 Å². The van der Waals surface area contributed by atoms with E-state index in [0.29, 0.717) is 0 Å². The summed E-state index contributed by atoms with van der Waals surface area (Å²) in [6, 6.07) is 0. The molecular weight excluding hydrogens is 256 g/mol. The van der Waals surface area contributed by atoms with Crippen LogP contribution in [0.15, 0.2) is 0 Å². The van der Waals surface area contributed by atoms with Gasteiger partial charge in [-0.2, -0.15) is 8.78 Å². The van der Waals surface area contributed by atoms with Gasteiger partial charge in [0.05, 0.1) is 6.61 Å². The first-order valence-corrected chi connectivity index (χ1v) is 6.56. The van der Waals surface area contributed by atoms with Gasteiger partial charge in [-0.1, -0.05) is 32.6 Å². The minimum atomic E-state index is -5.15. The maximum atomic E-state index is 13.3. The van der Waals surface area contributed by atoms with Gasteiger partial charge < -0.3 is 0 Å². The third kappa shape index (κ3) is 4.29. The van der Waals surface area contributed by atoms with Crippen LogP contribution in [0.4, 0.5) is 8.78 Å². The van der Waals surface area contributed by atoms with Gasteiger partial charge in [0.2, 0.25) is 5.78 Å². The molecule has 1 N–H and O–H groups in total. The molecule has 0 bridgehead atoms. The summed E-state index contributed by atoms with van der Waals surface area (Å²) in [5.41, 5.74) is 0. The fourth-order valence-electron chi connectivity index (χ4n) is 0.799. The van der Waals surface area contributed by atoms with Crippen molar-refractivity contribution in [3.63, 3.8) is 0 Å². The average molecular weight is 273 g/mol. The van der Waals surface area contributed by atoms with Gasteiger partial charge in [0.25, 0.3) is 0 Å². The molecule has 0 amide bonds. The second kappa shape index (κ2) is 5.83. The summed E-state index contributed by atoms with van der Waals surface area (Å²) >= 11 is 0. The van der Waals surface area contributed by atoms with Crippen molar-refractivity contribution < 1.29 is 26.8 Å². The van der Waals surface area contributed by atoms with Crippen LogP contribution in [0.1, 0.15) is 27.7 Å². The predicted molar refractivity (Wildman–Crippen MR) is 57.6 cm³/mol. The molecule has 0 radical (unpaired) electrons. The topological polar surface area (TPSA) is 72.5 Å². The highest BCUT2D eigenvalue weighted by molar-refractivity contribution is 7.91. The summed E-state index contributed by atoms with van der Waals surface area (Å²) < 4.78 is 48.9.